The molecule has 1 aromatic carbocycles. The number of hydrogen-bond donors (Lipinski definition) is 2. The van der Waals surface area contributed by atoms with E-state index in [1.807, 2.05) is 6.07 Å². The molecular formula is C21H21N4O3S2+. The molecule has 2 aromatic heterocycles. The molecule has 0 spiro atoms. The Morgan fingerprint density at radius 3 is 2.93 bits per heavy atom. The van der Waals surface area contributed by atoms with Gasteiger partial charge in [0.05, 0.1) is 5.56 Å². The second kappa shape index (κ2) is 8.90. The first-order valence-corrected chi connectivity index (χ1v) is 11.5. The maximum absolute atomic E-state index is 12.4. The highest BCUT2D eigenvalue weighted by atomic mass is 32.2. The van der Waals surface area contributed by atoms with Crippen molar-refractivity contribution in [3.8, 4) is 6.07 Å². The van der Waals surface area contributed by atoms with Crippen LogP contribution in [0.25, 0.3) is 0 Å². The molecule has 1 aliphatic rings. The Hall–Kier alpha value is -2.83. The molecule has 0 saturated carbocycles. The van der Waals surface area contributed by atoms with Gasteiger partial charge in [-0.1, -0.05) is 35.0 Å². The SMILES string of the molecule is C[n+]1[nH]oc(=O)c1SCCC(=O)Nc1sc2c(c1C#N)CCC(c1ccccc1)C2. The van der Waals surface area contributed by atoms with E-state index >= 15 is 0 Å². The number of rotatable bonds is 6. The van der Waals surface area contributed by atoms with Crippen LogP contribution in [0, 0.1) is 11.3 Å². The number of aromatic nitrogens is 2. The number of hydrogen-bond acceptors (Lipinski definition) is 6. The van der Waals surface area contributed by atoms with Crippen LogP contribution in [0.4, 0.5) is 5.00 Å². The van der Waals surface area contributed by atoms with E-state index in [1.165, 1.54) is 38.2 Å². The standard InChI is InChI=1S/C21H20N4O3S2/c1-25-20(21(27)28-24-25)29-10-9-18(26)23-19-16(12-22)15-8-7-14(11-17(15)30-19)13-5-3-2-4-6-13/h2-6,14H,7-11H2,1H3,(H-,23,24,26,27)/p+1. The summed E-state index contributed by atoms with van der Waals surface area (Å²) in [4.78, 5) is 25.2. The second-order valence-corrected chi connectivity index (χ2v) is 9.35. The Morgan fingerprint density at radius 2 is 2.23 bits per heavy atom. The molecule has 4 rings (SSSR count). The first-order chi connectivity index (χ1) is 14.6. The van der Waals surface area contributed by atoms with Gasteiger partial charge in [0.15, 0.2) is 7.05 Å². The molecular weight excluding hydrogens is 420 g/mol. The maximum Gasteiger partial charge on any atom is 0.441 e. The molecule has 154 valence electrons. The molecule has 0 fully saturated rings. The second-order valence-electron chi connectivity index (χ2n) is 7.16. The van der Waals surface area contributed by atoms with Crippen LogP contribution in [0.2, 0.25) is 0 Å². The van der Waals surface area contributed by atoms with Crippen LogP contribution < -0.4 is 15.6 Å². The number of carbonyl (C=O) groups is 1. The van der Waals surface area contributed by atoms with E-state index in [-0.39, 0.29) is 12.3 Å². The van der Waals surface area contributed by atoms with Crippen molar-refractivity contribution < 1.29 is 14.0 Å². The lowest BCUT2D eigenvalue weighted by Gasteiger charge is -2.22. The third-order valence-electron chi connectivity index (χ3n) is 5.22. The van der Waals surface area contributed by atoms with E-state index in [1.54, 1.807) is 7.05 Å². The largest absolute Gasteiger partial charge is 0.441 e. The minimum Gasteiger partial charge on any atom is -0.317 e. The van der Waals surface area contributed by atoms with Gasteiger partial charge in [0.1, 0.15) is 11.1 Å². The van der Waals surface area contributed by atoms with E-state index in [0.717, 1.165) is 24.8 Å². The highest BCUT2D eigenvalue weighted by molar-refractivity contribution is 7.99. The smallest absolute Gasteiger partial charge is 0.317 e. The topological polar surface area (TPSA) is 103 Å². The number of nitriles is 1. The summed E-state index contributed by atoms with van der Waals surface area (Å²) in [7, 11) is 1.67. The quantitative estimate of drug-likeness (QED) is 0.452. The molecule has 1 aliphatic carbocycles. The van der Waals surface area contributed by atoms with Gasteiger partial charge < -0.3 is 5.32 Å². The van der Waals surface area contributed by atoms with E-state index in [9.17, 15) is 14.9 Å². The van der Waals surface area contributed by atoms with E-state index < -0.39 is 5.63 Å². The normalized spacial score (nSPS) is 15.4. The van der Waals surface area contributed by atoms with Gasteiger partial charge in [0.2, 0.25) is 5.91 Å². The lowest BCUT2D eigenvalue weighted by atomic mass is 9.83. The molecule has 0 aliphatic heterocycles. The Bertz CT molecular complexity index is 1160. The van der Waals surface area contributed by atoms with Gasteiger partial charge in [0.25, 0.3) is 0 Å². The van der Waals surface area contributed by atoms with Crippen LogP contribution >= 0.6 is 23.1 Å². The molecule has 0 bridgehead atoms. The summed E-state index contributed by atoms with van der Waals surface area (Å²) in [6, 6.07) is 12.7. The van der Waals surface area contributed by atoms with Crippen LogP contribution in [0.1, 0.15) is 40.3 Å². The zero-order valence-corrected chi connectivity index (χ0v) is 18.1. The number of benzene rings is 1. The van der Waals surface area contributed by atoms with Crippen molar-refractivity contribution in [2.45, 2.75) is 36.6 Å². The zero-order chi connectivity index (χ0) is 21.1. The monoisotopic (exact) mass is 441 g/mol. The van der Waals surface area contributed by atoms with E-state index in [2.05, 4.69) is 40.9 Å². The number of carbonyl (C=O) groups excluding carboxylic acids is 1. The molecule has 2 heterocycles. The van der Waals surface area contributed by atoms with Gasteiger partial charge in [0, 0.05) is 17.1 Å². The van der Waals surface area contributed by atoms with Crippen molar-refractivity contribution in [3.05, 3.63) is 62.3 Å². The molecule has 1 unspecified atom stereocenters. The number of aryl methyl sites for hydroxylation is 1. The number of H-pyrrole nitrogens is 1. The fourth-order valence-corrected chi connectivity index (χ4v) is 5.88. The van der Waals surface area contributed by atoms with Crippen molar-refractivity contribution in [1.29, 1.82) is 5.26 Å². The van der Waals surface area contributed by atoms with Gasteiger partial charge in [-0.25, -0.2) is 4.79 Å². The third kappa shape index (κ3) is 4.20. The van der Waals surface area contributed by atoms with Gasteiger partial charge in [-0.15, -0.1) is 11.3 Å². The number of anilines is 1. The van der Waals surface area contributed by atoms with Crippen molar-refractivity contribution >= 4 is 34.0 Å². The average Bonchev–Trinajstić information content (AvgIpc) is 3.27. The van der Waals surface area contributed by atoms with Crippen molar-refractivity contribution in [1.82, 2.24) is 5.27 Å². The summed E-state index contributed by atoms with van der Waals surface area (Å²) in [5.74, 6) is 0.711. The number of nitrogens with zero attached hydrogens (tertiary/aromatic N) is 2. The number of thiophene rings is 1. The molecule has 30 heavy (non-hydrogen) atoms. The van der Waals surface area contributed by atoms with Crippen LogP contribution in [0.5, 0.6) is 0 Å². The van der Waals surface area contributed by atoms with Gasteiger partial charge >= 0.3 is 10.7 Å². The Morgan fingerprint density at radius 1 is 1.43 bits per heavy atom. The molecule has 7 nitrogen and oxygen atoms in total. The van der Waals surface area contributed by atoms with Gasteiger partial charge in [-0.2, -0.15) is 5.26 Å². The number of aromatic amines is 1. The fraction of sp³-hybridized carbons (Fsp3) is 0.333. The minimum absolute atomic E-state index is 0.167. The van der Waals surface area contributed by atoms with Crippen LogP contribution in [0.15, 0.2) is 44.7 Å². The Labute approximate surface area is 181 Å². The maximum atomic E-state index is 12.4. The summed E-state index contributed by atoms with van der Waals surface area (Å²) in [6.45, 7) is 0. The number of amides is 1. The van der Waals surface area contributed by atoms with Crippen LogP contribution in [-0.2, 0) is 24.7 Å². The molecule has 3 aromatic rings. The first-order valence-electron chi connectivity index (χ1n) is 9.66. The van der Waals surface area contributed by atoms with Crippen LogP contribution in [0.3, 0.4) is 0 Å². The molecule has 0 saturated heterocycles. The van der Waals surface area contributed by atoms with Gasteiger partial charge in [-0.3, -0.25) is 9.32 Å². The van der Waals surface area contributed by atoms with Crippen molar-refractivity contribution in [2.24, 2.45) is 7.05 Å². The summed E-state index contributed by atoms with van der Waals surface area (Å²) >= 11 is 2.77. The highest BCUT2D eigenvalue weighted by Crippen LogP contribution is 2.42. The van der Waals surface area contributed by atoms with Crippen molar-refractivity contribution in [3.63, 3.8) is 0 Å². The summed E-state index contributed by atoms with van der Waals surface area (Å²) in [5.41, 5.74) is 2.55. The van der Waals surface area contributed by atoms with Gasteiger partial charge in [-0.05, 0) is 53.3 Å². The number of thioether (sulfide) groups is 1. The third-order valence-corrected chi connectivity index (χ3v) is 7.52. The summed E-state index contributed by atoms with van der Waals surface area (Å²) in [5, 5.41) is 16.1. The van der Waals surface area contributed by atoms with Crippen molar-refractivity contribution in [2.75, 3.05) is 11.1 Å². The average molecular weight is 442 g/mol. The highest BCUT2D eigenvalue weighted by Gasteiger charge is 2.27. The van der Waals surface area contributed by atoms with E-state index in [0.29, 0.717) is 27.3 Å². The van der Waals surface area contributed by atoms with E-state index in [4.69, 9.17) is 4.52 Å². The molecule has 0 radical (unpaired) electrons. The number of fused-ring (bicyclic) bond motifs is 1. The molecule has 1 atom stereocenters. The molecule has 9 heteroatoms. The summed E-state index contributed by atoms with van der Waals surface area (Å²) < 4.78 is 6.17. The Kier molecular flexibility index (Phi) is 6.06. The Balaban J connectivity index is 1.41. The number of nitrogens with one attached hydrogen (secondary N) is 2. The van der Waals surface area contributed by atoms with Crippen LogP contribution in [-0.4, -0.2) is 16.9 Å². The first kappa shape index (κ1) is 20.4. The predicted molar refractivity (Wildman–Crippen MR) is 115 cm³/mol. The lowest BCUT2D eigenvalue weighted by molar-refractivity contribution is -0.772. The minimum atomic E-state index is -0.450. The predicted octanol–water partition coefficient (Wildman–Crippen LogP) is 3.12. The molecule has 2 N–H and O–H groups in total. The lowest BCUT2D eigenvalue weighted by Crippen LogP contribution is -2.33. The summed E-state index contributed by atoms with van der Waals surface area (Å²) in [6.07, 6.45) is 2.97. The zero-order valence-electron chi connectivity index (χ0n) is 16.4. The molecule has 1 amide bonds. The fourth-order valence-electron chi connectivity index (χ4n) is 3.72.